The van der Waals surface area contributed by atoms with Gasteiger partial charge in [0.15, 0.2) is 0 Å². The zero-order valence-electron chi connectivity index (χ0n) is 8.97. The van der Waals surface area contributed by atoms with Gasteiger partial charge in [0, 0.05) is 11.5 Å². The molecule has 0 amide bonds. The number of unbranched alkanes of at least 4 members (excludes halogenated alkanes) is 4. The summed E-state index contributed by atoms with van der Waals surface area (Å²) in [7, 11) is 0. The fourth-order valence-electron chi connectivity index (χ4n) is 1.75. The van der Waals surface area contributed by atoms with Crippen molar-refractivity contribution >= 4 is 23.5 Å². The summed E-state index contributed by atoms with van der Waals surface area (Å²) in [5.74, 6) is 2.74. The molecule has 0 atom stereocenters. The third-order valence-corrected chi connectivity index (χ3v) is 6.04. The topological polar surface area (TPSA) is 0 Å². The first-order valence-corrected chi connectivity index (χ1v) is 7.52. The van der Waals surface area contributed by atoms with E-state index in [9.17, 15) is 0 Å². The molecule has 0 aromatic heterocycles. The molecule has 0 spiro atoms. The van der Waals surface area contributed by atoms with Crippen molar-refractivity contribution in [2.24, 2.45) is 0 Å². The van der Waals surface area contributed by atoms with E-state index in [1.807, 2.05) is 0 Å². The van der Waals surface area contributed by atoms with Crippen LogP contribution >= 0.6 is 23.5 Å². The highest BCUT2D eigenvalue weighted by Crippen LogP contribution is 2.46. The summed E-state index contributed by atoms with van der Waals surface area (Å²) < 4.78 is 0.576. The molecule has 0 nitrogen and oxygen atoms in total. The molecule has 1 aliphatic heterocycles. The van der Waals surface area contributed by atoms with Gasteiger partial charge < -0.3 is 0 Å². The zero-order valence-corrected chi connectivity index (χ0v) is 10.6. The van der Waals surface area contributed by atoms with Gasteiger partial charge in [0.25, 0.3) is 0 Å². The largest absolute Gasteiger partial charge is 0.144 e. The first-order valence-electron chi connectivity index (χ1n) is 5.55. The molecule has 0 saturated carbocycles. The lowest BCUT2D eigenvalue weighted by atomic mass is 10.1. The second-order valence-corrected chi connectivity index (χ2v) is 7.45. The predicted octanol–water partition coefficient (Wildman–Crippen LogP) is 4.54. The molecule has 0 aliphatic carbocycles. The highest BCUT2D eigenvalue weighted by molar-refractivity contribution is 8.21. The van der Waals surface area contributed by atoms with Crippen LogP contribution in [0.2, 0.25) is 0 Å². The molecular weight excluding hydrogens is 196 g/mol. The second-order valence-electron chi connectivity index (χ2n) is 3.99. The minimum Gasteiger partial charge on any atom is -0.144 e. The summed E-state index contributed by atoms with van der Waals surface area (Å²) >= 11 is 4.34. The average Bonchev–Trinajstić information content (AvgIpc) is 2.53. The number of thioether (sulfide) groups is 2. The van der Waals surface area contributed by atoms with E-state index in [-0.39, 0.29) is 0 Å². The lowest BCUT2D eigenvalue weighted by molar-refractivity contribution is 0.596. The van der Waals surface area contributed by atoms with Crippen molar-refractivity contribution in [3.63, 3.8) is 0 Å². The van der Waals surface area contributed by atoms with Gasteiger partial charge in [0.2, 0.25) is 0 Å². The van der Waals surface area contributed by atoms with Gasteiger partial charge in [0.05, 0.1) is 4.08 Å². The first kappa shape index (κ1) is 11.8. The SMILES string of the molecule is CCCCCCCC1(C)SCCS1. The van der Waals surface area contributed by atoms with Crippen LogP contribution in [0.1, 0.15) is 52.4 Å². The first-order chi connectivity index (χ1) is 6.27. The summed E-state index contributed by atoms with van der Waals surface area (Å²) in [5, 5.41) is 0. The van der Waals surface area contributed by atoms with Crippen LogP contribution in [0, 0.1) is 0 Å². The maximum absolute atomic E-state index is 2.43. The number of hydrogen-bond acceptors (Lipinski definition) is 2. The van der Waals surface area contributed by atoms with Crippen molar-refractivity contribution in [1.29, 1.82) is 0 Å². The van der Waals surface area contributed by atoms with Gasteiger partial charge in [-0.05, 0) is 13.3 Å². The fourth-order valence-corrected chi connectivity index (χ4v) is 4.69. The molecule has 0 N–H and O–H groups in total. The van der Waals surface area contributed by atoms with Gasteiger partial charge in [-0.2, -0.15) is 0 Å². The summed E-state index contributed by atoms with van der Waals surface area (Å²) in [6.07, 6.45) is 8.55. The standard InChI is InChI=1S/C11H22S2/c1-3-4-5-6-7-8-11(2)12-9-10-13-11/h3-10H2,1-2H3. The van der Waals surface area contributed by atoms with Crippen LogP contribution < -0.4 is 0 Å². The van der Waals surface area contributed by atoms with E-state index in [4.69, 9.17) is 0 Å². The van der Waals surface area contributed by atoms with Gasteiger partial charge in [0.1, 0.15) is 0 Å². The normalized spacial score (nSPS) is 20.8. The molecule has 0 radical (unpaired) electrons. The molecular formula is C11H22S2. The highest BCUT2D eigenvalue weighted by Gasteiger charge is 2.29. The molecule has 0 unspecified atom stereocenters. The van der Waals surface area contributed by atoms with E-state index >= 15 is 0 Å². The number of hydrogen-bond donors (Lipinski definition) is 0. The summed E-state index contributed by atoms with van der Waals surface area (Å²) in [5.41, 5.74) is 0. The van der Waals surface area contributed by atoms with Crippen molar-refractivity contribution in [2.45, 2.75) is 56.5 Å². The lowest BCUT2D eigenvalue weighted by Crippen LogP contribution is -2.10. The molecule has 0 bridgehead atoms. The van der Waals surface area contributed by atoms with Crippen LogP contribution in [0.15, 0.2) is 0 Å². The van der Waals surface area contributed by atoms with Crippen LogP contribution in [0.25, 0.3) is 0 Å². The van der Waals surface area contributed by atoms with Gasteiger partial charge in [-0.15, -0.1) is 23.5 Å². The lowest BCUT2D eigenvalue weighted by Gasteiger charge is -2.21. The quantitative estimate of drug-likeness (QED) is 0.600. The maximum atomic E-state index is 2.43. The minimum absolute atomic E-state index is 0.576. The maximum Gasteiger partial charge on any atom is 0.0583 e. The van der Waals surface area contributed by atoms with Crippen molar-refractivity contribution in [1.82, 2.24) is 0 Å². The molecule has 1 fully saturated rings. The molecule has 1 saturated heterocycles. The molecule has 1 aliphatic rings. The fraction of sp³-hybridized carbons (Fsp3) is 1.00. The Balaban J connectivity index is 1.98. The molecule has 0 aromatic rings. The van der Waals surface area contributed by atoms with Crippen molar-refractivity contribution in [2.75, 3.05) is 11.5 Å². The Morgan fingerprint density at radius 2 is 1.62 bits per heavy atom. The van der Waals surface area contributed by atoms with Crippen LogP contribution in [0.5, 0.6) is 0 Å². The zero-order chi connectivity index (χ0) is 9.57. The summed E-state index contributed by atoms with van der Waals surface area (Å²) in [6, 6.07) is 0. The Labute approximate surface area is 91.6 Å². The Bertz CT molecular complexity index is 128. The monoisotopic (exact) mass is 218 g/mol. The Morgan fingerprint density at radius 1 is 1.00 bits per heavy atom. The van der Waals surface area contributed by atoms with E-state index in [0.717, 1.165) is 0 Å². The van der Waals surface area contributed by atoms with Crippen LogP contribution in [0.4, 0.5) is 0 Å². The van der Waals surface area contributed by atoms with E-state index in [1.54, 1.807) is 0 Å². The Morgan fingerprint density at radius 3 is 2.23 bits per heavy atom. The molecule has 1 rings (SSSR count). The van der Waals surface area contributed by atoms with Crippen LogP contribution in [0.3, 0.4) is 0 Å². The van der Waals surface area contributed by atoms with E-state index in [0.29, 0.717) is 4.08 Å². The van der Waals surface area contributed by atoms with Gasteiger partial charge in [-0.25, -0.2) is 0 Å². The molecule has 2 heteroatoms. The van der Waals surface area contributed by atoms with E-state index in [2.05, 4.69) is 37.4 Å². The van der Waals surface area contributed by atoms with E-state index in [1.165, 1.54) is 50.0 Å². The van der Waals surface area contributed by atoms with Crippen LogP contribution in [-0.2, 0) is 0 Å². The van der Waals surface area contributed by atoms with Crippen molar-refractivity contribution < 1.29 is 0 Å². The molecule has 1 heterocycles. The highest BCUT2D eigenvalue weighted by atomic mass is 32.2. The van der Waals surface area contributed by atoms with Crippen molar-refractivity contribution in [3.8, 4) is 0 Å². The summed E-state index contributed by atoms with van der Waals surface area (Å²) in [6.45, 7) is 4.71. The summed E-state index contributed by atoms with van der Waals surface area (Å²) in [4.78, 5) is 0. The third-order valence-electron chi connectivity index (χ3n) is 2.63. The molecule has 78 valence electrons. The van der Waals surface area contributed by atoms with Gasteiger partial charge in [-0.1, -0.05) is 39.0 Å². The minimum atomic E-state index is 0.576. The van der Waals surface area contributed by atoms with Gasteiger partial charge >= 0.3 is 0 Å². The average molecular weight is 218 g/mol. The molecule has 0 aromatic carbocycles. The smallest absolute Gasteiger partial charge is 0.0583 e. The Hall–Kier alpha value is 0.700. The van der Waals surface area contributed by atoms with Crippen molar-refractivity contribution in [3.05, 3.63) is 0 Å². The Kier molecular flexibility index (Phi) is 5.65. The van der Waals surface area contributed by atoms with Gasteiger partial charge in [-0.3, -0.25) is 0 Å². The predicted molar refractivity (Wildman–Crippen MR) is 66.7 cm³/mol. The second kappa shape index (κ2) is 6.23. The van der Waals surface area contributed by atoms with E-state index < -0.39 is 0 Å². The third kappa shape index (κ3) is 4.64. The number of rotatable bonds is 6. The van der Waals surface area contributed by atoms with Crippen LogP contribution in [-0.4, -0.2) is 15.6 Å². The molecule has 13 heavy (non-hydrogen) atoms.